The second-order valence-electron chi connectivity index (χ2n) is 8.12. The molecule has 4 rings (SSSR count). The van der Waals surface area contributed by atoms with Crippen LogP contribution in [0.1, 0.15) is 33.0 Å². The molecular formula is C26H23F3N2O2. The lowest BCUT2D eigenvalue weighted by Gasteiger charge is -2.19. The Kier molecular flexibility index (Phi) is 6.49. The number of nitrogens with one attached hydrogen (secondary N) is 1. The van der Waals surface area contributed by atoms with Crippen molar-refractivity contribution in [1.29, 1.82) is 0 Å². The van der Waals surface area contributed by atoms with Crippen molar-refractivity contribution in [2.24, 2.45) is 5.92 Å². The minimum absolute atomic E-state index is 0.134. The molecular weight excluding hydrogens is 429 g/mol. The topological polar surface area (TPSA) is 49.4 Å². The monoisotopic (exact) mass is 452 g/mol. The molecule has 4 nitrogen and oxygen atoms in total. The first-order valence-corrected chi connectivity index (χ1v) is 10.7. The lowest BCUT2D eigenvalue weighted by atomic mass is 9.87. The van der Waals surface area contributed by atoms with Gasteiger partial charge in [-0.15, -0.1) is 0 Å². The van der Waals surface area contributed by atoms with Gasteiger partial charge < -0.3 is 10.2 Å². The second kappa shape index (κ2) is 9.48. The zero-order chi connectivity index (χ0) is 23.4. The van der Waals surface area contributed by atoms with Gasteiger partial charge >= 0.3 is 6.18 Å². The highest BCUT2D eigenvalue weighted by molar-refractivity contribution is 5.95. The Labute approximate surface area is 190 Å². The van der Waals surface area contributed by atoms with Gasteiger partial charge in [-0.1, -0.05) is 66.7 Å². The van der Waals surface area contributed by atoms with E-state index >= 15 is 0 Å². The van der Waals surface area contributed by atoms with Gasteiger partial charge in [0.15, 0.2) is 0 Å². The maximum atomic E-state index is 13.3. The van der Waals surface area contributed by atoms with Gasteiger partial charge in [0.25, 0.3) is 5.91 Å². The third-order valence-corrected chi connectivity index (χ3v) is 5.92. The molecule has 0 bridgehead atoms. The average molecular weight is 452 g/mol. The van der Waals surface area contributed by atoms with E-state index in [4.69, 9.17) is 0 Å². The molecule has 1 heterocycles. The van der Waals surface area contributed by atoms with E-state index in [-0.39, 0.29) is 24.9 Å². The molecule has 1 aliphatic heterocycles. The van der Waals surface area contributed by atoms with Crippen LogP contribution in [-0.2, 0) is 17.5 Å². The Balaban J connectivity index is 1.59. The number of hydrogen-bond acceptors (Lipinski definition) is 2. The van der Waals surface area contributed by atoms with Gasteiger partial charge in [-0.2, -0.15) is 13.2 Å². The molecule has 1 aliphatic rings. The largest absolute Gasteiger partial charge is 0.416 e. The normalized spacial score (nSPS) is 18.2. The van der Waals surface area contributed by atoms with Gasteiger partial charge in [-0.25, -0.2) is 0 Å². The van der Waals surface area contributed by atoms with E-state index in [9.17, 15) is 22.8 Å². The number of carbonyl (C=O) groups is 2. The van der Waals surface area contributed by atoms with Crippen LogP contribution in [0.15, 0.2) is 84.9 Å². The molecule has 170 valence electrons. The van der Waals surface area contributed by atoms with Crippen LogP contribution in [0.5, 0.6) is 0 Å². The summed E-state index contributed by atoms with van der Waals surface area (Å²) in [4.78, 5) is 27.7. The van der Waals surface area contributed by atoms with Gasteiger partial charge in [-0.05, 0) is 29.3 Å². The predicted octanol–water partition coefficient (Wildman–Crippen LogP) is 4.88. The first kappa shape index (κ1) is 22.6. The molecule has 7 heteroatoms. The standard InChI is InChI=1S/C26H23F3N2O2/c27-26(28,29)21-13-7-12-20(14-21)22-16-31(25(33)19-10-5-2-6-11-19)17-23(22)24(32)30-15-18-8-3-1-4-9-18/h1-14,22-23H,15-17H2,(H,30,32)/t22-,23+/m0/s1. The lowest BCUT2D eigenvalue weighted by molar-refractivity contribution is -0.137. The molecule has 0 spiro atoms. The summed E-state index contributed by atoms with van der Waals surface area (Å²) in [6.45, 7) is 0.603. The molecule has 1 N–H and O–H groups in total. The maximum absolute atomic E-state index is 13.3. The first-order chi connectivity index (χ1) is 15.8. The summed E-state index contributed by atoms with van der Waals surface area (Å²) >= 11 is 0. The number of halogens is 3. The number of carbonyl (C=O) groups excluding carboxylic acids is 2. The predicted molar refractivity (Wildman–Crippen MR) is 118 cm³/mol. The quantitative estimate of drug-likeness (QED) is 0.600. The summed E-state index contributed by atoms with van der Waals surface area (Å²) in [6, 6.07) is 23.1. The molecule has 3 aromatic rings. The molecule has 33 heavy (non-hydrogen) atoms. The van der Waals surface area contributed by atoms with Gasteiger partial charge in [-0.3, -0.25) is 9.59 Å². The average Bonchev–Trinajstić information content (AvgIpc) is 3.28. The number of alkyl halides is 3. The van der Waals surface area contributed by atoms with Crippen LogP contribution in [0.2, 0.25) is 0 Å². The van der Waals surface area contributed by atoms with Crippen molar-refractivity contribution in [3.05, 3.63) is 107 Å². The third kappa shape index (κ3) is 5.25. The van der Waals surface area contributed by atoms with E-state index in [1.54, 1.807) is 41.3 Å². The molecule has 3 aromatic carbocycles. The highest BCUT2D eigenvalue weighted by Gasteiger charge is 2.41. The summed E-state index contributed by atoms with van der Waals surface area (Å²) in [5.41, 5.74) is 1.02. The molecule has 1 saturated heterocycles. The first-order valence-electron chi connectivity index (χ1n) is 10.7. The number of amides is 2. The molecule has 0 saturated carbocycles. The third-order valence-electron chi connectivity index (χ3n) is 5.92. The number of hydrogen-bond donors (Lipinski definition) is 1. The van der Waals surface area contributed by atoms with Crippen molar-refractivity contribution >= 4 is 11.8 Å². The Morgan fingerprint density at radius 2 is 1.55 bits per heavy atom. The van der Waals surface area contributed by atoms with Crippen molar-refractivity contribution in [2.75, 3.05) is 13.1 Å². The number of rotatable bonds is 5. The zero-order valence-corrected chi connectivity index (χ0v) is 17.8. The van der Waals surface area contributed by atoms with E-state index in [0.29, 0.717) is 17.7 Å². The Morgan fingerprint density at radius 1 is 0.879 bits per heavy atom. The SMILES string of the molecule is O=C(NCc1ccccc1)[C@@H]1CN(C(=O)c2ccccc2)C[C@H]1c1cccc(C(F)(F)F)c1. The van der Waals surface area contributed by atoms with Gasteiger partial charge in [0.05, 0.1) is 11.5 Å². The van der Waals surface area contributed by atoms with Crippen molar-refractivity contribution in [3.63, 3.8) is 0 Å². The summed E-state index contributed by atoms with van der Waals surface area (Å²) in [6.07, 6.45) is -4.49. The van der Waals surface area contributed by atoms with Crippen LogP contribution in [0, 0.1) is 5.92 Å². The van der Waals surface area contributed by atoms with E-state index in [0.717, 1.165) is 17.7 Å². The minimum Gasteiger partial charge on any atom is -0.352 e. The van der Waals surface area contributed by atoms with E-state index < -0.39 is 23.6 Å². The van der Waals surface area contributed by atoms with Crippen LogP contribution >= 0.6 is 0 Å². The second-order valence-corrected chi connectivity index (χ2v) is 8.12. The molecule has 1 fully saturated rings. The summed E-state index contributed by atoms with van der Waals surface area (Å²) in [5, 5.41) is 2.89. The fourth-order valence-electron chi connectivity index (χ4n) is 4.20. The molecule has 0 aliphatic carbocycles. The molecule has 0 aromatic heterocycles. The minimum atomic E-state index is -4.49. The summed E-state index contributed by atoms with van der Waals surface area (Å²) in [7, 11) is 0. The van der Waals surface area contributed by atoms with Crippen molar-refractivity contribution in [2.45, 2.75) is 18.6 Å². The number of likely N-dealkylation sites (tertiary alicyclic amines) is 1. The molecule has 2 amide bonds. The van der Waals surface area contributed by atoms with E-state index in [2.05, 4.69) is 5.32 Å². The van der Waals surface area contributed by atoms with Crippen molar-refractivity contribution in [3.8, 4) is 0 Å². The Hall–Kier alpha value is -3.61. The number of nitrogens with zero attached hydrogens (tertiary/aromatic N) is 1. The van der Waals surface area contributed by atoms with Crippen LogP contribution in [-0.4, -0.2) is 29.8 Å². The highest BCUT2D eigenvalue weighted by atomic mass is 19.4. The fraction of sp³-hybridized carbons (Fsp3) is 0.231. The van der Waals surface area contributed by atoms with Crippen LogP contribution in [0.25, 0.3) is 0 Å². The van der Waals surface area contributed by atoms with E-state index in [1.807, 2.05) is 30.3 Å². The van der Waals surface area contributed by atoms with Gasteiger partial charge in [0, 0.05) is 31.1 Å². The maximum Gasteiger partial charge on any atom is 0.416 e. The molecule has 0 radical (unpaired) electrons. The van der Waals surface area contributed by atoms with Crippen molar-refractivity contribution < 1.29 is 22.8 Å². The summed E-state index contributed by atoms with van der Waals surface area (Å²) < 4.78 is 39.9. The lowest BCUT2D eigenvalue weighted by Crippen LogP contribution is -2.35. The van der Waals surface area contributed by atoms with E-state index in [1.165, 1.54) is 6.07 Å². The van der Waals surface area contributed by atoms with Crippen LogP contribution in [0.4, 0.5) is 13.2 Å². The smallest absolute Gasteiger partial charge is 0.352 e. The zero-order valence-electron chi connectivity index (χ0n) is 17.8. The molecule has 0 unspecified atom stereocenters. The summed E-state index contributed by atoms with van der Waals surface area (Å²) in [5.74, 6) is -1.74. The Morgan fingerprint density at radius 3 is 2.21 bits per heavy atom. The fourth-order valence-corrected chi connectivity index (χ4v) is 4.20. The highest BCUT2D eigenvalue weighted by Crippen LogP contribution is 2.37. The number of benzene rings is 3. The Bertz CT molecular complexity index is 1120. The van der Waals surface area contributed by atoms with Gasteiger partial charge in [0.1, 0.15) is 0 Å². The van der Waals surface area contributed by atoms with Crippen LogP contribution in [0.3, 0.4) is 0 Å². The van der Waals surface area contributed by atoms with Crippen LogP contribution < -0.4 is 5.32 Å². The van der Waals surface area contributed by atoms with Gasteiger partial charge in [0.2, 0.25) is 5.91 Å². The molecule has 2 atom stereocenters. The van der Waals surface area contributed by atoms with Crippen molar-refractivity contribution in [1.82, 2.24) is 10.2 Å².